The molecule has 0 aliphatic carbocycles. The van der Waals surface area contributed by atoms with Crippen molar-refractivity contribution >= 4 is 11.6 Å². The van der Waals surface area contributed by atoms with Crippen LogP contribution in [0.4, 0.5) is 5.69 Å². The van der Waals surface area contributed by atoms with Crippen LogP contribution in [0.15, 0.2) is 79.1 Å². The standard InChI is InChI=1S/C27H26N4O2/c32-27(31-24-8-6-20-10-12-28-13-11-22(20)14-24)25-9-7-21(23-16-29-30-17-23)15-26(25)33-18-19-4-2-1-3-5-19/h1-9,14-17,28H,10-13,18H2,(H,29,30)(H,31,32). The van der Waals surface area contributed by atoms with E-state index in [2.05, 4.69) is 33.0 Å². The minimum absolute atomic E-state index is 0.191. The van der Waals surface area contributed by atoms with Crippen LogP contribution in [0.3, 0.4) is 0 Å². The highest BCUT2D eigenvalue weighted by molar-refractivity contribution is 6.06. The van der Waals surface area contributed by atoms with Gasteiger partial charge in [0.05, 0.1) is 11.8 Å². The van der Waals surface area contributed by atoms with Crippen molar-refractivity contribution in [3.63, 3.8) is 0 Å². The molecule has 1 amide bonds. The number of nitrogens with one attached hydrogen (secondary N) is 3. The summed E-state index contributed by atoms with van der Waals surface area (Å²) in [5, 5.41) is 13.3. The quantitative estimate of drug-likeness (QED) is 0.411. The number of fused-ring (bicyclic) bond motifs is 1. The average Bonchev–Trinajstić information content (AvgIpc) is 3.29. The Morgan fingerprint density at radius 2 is 1.79 bits per heavy atom. The highest BCUT2D eigenvalue weighted by Gasteiger charge is 2.16. The molecule has 6 nitrogen and oxygen atoms in total. The third-order valence-corrected chi connectivity index (χ3v) is 5.90. The summed E-state index contributed by atoms with van der Waals surface area (Å²) in [5.41, 5.74) is 6.83. The van der Waals surface area contributed by atoms with Gasteiger partial charge in [-0.15, -0.1) is 0 Å². The number of anilines is 1. The summed E-state index contributed by atoms with van der Waals surface area (Å²) in [4.78, 5) is 13.3. The van der Waals surface area contributed by atoms with Gasteiger partial charge in [-0.3, -0.25) is 9.89 Å². The van der Waals surface area contributed by atoms with Gasteiger partial charge in [0.1, 0.15) is 12.4 Å². The predicted octanol–water partition coefficient (Wildman–Crippen LogP) is 4.60. The van der Waals surface area contributed by atoms with Crippen molar-refractivity contribution in [2.24, 2.45) is 0 Å². The summed E-state index contributed by atoms with van der Waals surface area (Å²) in [6.45, 7) is 2.32. The molecule has 6 heteroatoms. The van der Waals surface area contributed by atoms with Crippen molar-refractivity contribution in [1.29, 1.82) is 0 Å². The molecule has 33 heavy (non-hydrogen) atoms. The van der Waals surface area contributed by atoms with E-state index in [9.17, 15) is 4.79 Å². The maximum atomic E-state index is 13.3. The fourth-order valence-corrected chi connectivity index (χ4v) is 4.10. The highest BCUT2D eigenvalue weighted by Crippen LogP contribution is 2.29. The molecule has 0 unspecified atom stereocenters. The van der Waals surface area contributed by atoms with E-state index in [4.69, 9.17) is 4.74 Å². The van der Waals surface area contributed by atoms with E-state index in [1.807, 2.05) is 60.8 Å². The van der Waals surface area contributed by atoms with Gasteiger partial charge in [-0.1, -0.05) is 42.5 Å². The van der Waals surface area contributed by atoms with E-state index < -0.39 is 0 Å². The molecule has 4 aromatic rings. The van der Waals surface area contributed by atoms with Crippen LogP contribution in [-0.2, 0) is 19.4 Å². The molecule has 0 bridgehead atoms. The van der Waals surface area contributed by atoms with Crippen LogP contribution in [0.2, 0.25) is 0 Å². The van der Waals surface area contributed by atoms with Crippen LogP contribution in [0.1, 0.15) is 27.0 Å². The van der Waals surface area contributed by atoms with Crippen LogP contribution >= 0.6 is 0 Å². The van der Waals surface area contributed by atoms with Crippen molar-refractivity contribution in [3.8, 4) is 16.9 Å². The van der Waals surface area contributed by atoms with Crippen molar-refractivity contribution < 1.29 is 9.53 Å². The molecule has 0 saturated carbocycles. The van der Waals surface area contributed by atoms with E-state index in [-0.39, 0.29) is 5.91 Å². The molecular formula is C27H26N4O2. The fourth-order valence-electron chi connectivity index (χ4n) is 4.10. The largest absolute Gasteiger partial charge is 0.488 e. The minimum Gasteiger partial charge on any atom is -0.488 e. The Morgan fingerprint density at radius 3 is 2.61 bits per heavy atom. The summed E-state index contributed by atoms with van der Waals surface area (Å²) >= 11 is 0. The molecule has 3 N–H and O–H groups in total. The van der Waals surface area contributed by atoms with Crippen molar-refractivity contribution in [3.05, 3.63) is 101 Å². The van der Waals surface area contributed by atoms with Gasteiger partial charge in [0.2, 0.25) is 0 Å². The fraction of sp³-hybridized carbons (Fsp3) is 0.185. The summed E-state index contributed by atoms with van der Waals surface area (Å²) in [6, 6.07) is 21.7. The molecule has 0 fully saturated rings. The number of carbonyl (C=O) groups is 1. The summed E-state index contributed by atoms with van der Waals surface area (Å²) < 4.78 is 6.13. The molecule has 0 radical (unpaired) electrons. The number of ether oxygens (including phenoxy) is 1. The van der Waals surface area contributed by atoms with Crippen LogP contribution in [0.25, 0.3) is 11.1 Å². The van der Waals surface area contributed by atoms with Gasteiger partial charge < -0.3 is 15.4 Å². The molecule has 3 aromatic carbocycles. The molecule has 5 rings (SSSR count). The second-order valence-electron chi connectivity index (χ2n) is 8.16. The molecule has 1 aliphatic rings. The van der Waals surface area contributed by atoms with Gasteiger partial charge in [0, 0.05) is 17.4 Å². The van der Waals surface area contributed by atoms with E-state index in [0.717, 1.165) is 48.3 Å². The zero-order valence-corrected chi connectivity index (χ0v) is 18.3. The first-order valence-electron chi connectivity index (χ1n) is 11.2. The van der Waals surface area contributed by atoms with Gasteiger partial charge in [0.15, 0.2) is 0 Å². The first kappa shape index (κ1) is 21.0. The van der Waals surface area contributed by atoms with Gasteiger partial charge in [0.25, 0.3) is 5.91 Å². The lowest BCUT2D eigenvalue weighted by Crippen LogP contribution is -2.16. The van der Waals surface area contributed by atoms with E-state index in [1.54, 1.807) is 6.20 Å². The lowest BCUT2D eigenvalue weighted by molar-refractivity contribution is 0.102. The van der Waals surface area contributed by atoms with E-state index in [1.165, 1.54) is 11.1 Å². The monoisotopic (exact) mass is 438 g/mol. The van der Waals surface area contributed by atoms with Crippen LogP contribution in [0, 0.1) is 0 Å². The smallest absolute Gasteiger partial charge is 0.259 e. The first-order valence-corrected chi connectivity index (χ1v) is 11.2. The third-order valence-electron chi connectivity index (χ3n) is 5.90. The van der Waals surface area contributed by atoms with Gasteiger partial charge in [-0.05, 0) is 72.5 Å². The Labute approximate surface area is 193 Å². The summed E-state index contributed by atoms with van der Waals surface area (Å²) in [7, 11) is 0. The number of benzene rings is 3. The zero-order chi connectivity index (χ0) is 22.5. The van der Waals surface area contributed by atoms with Crippen LogP contribution in [-0.4, -0.2) is 29.2 Å². The Morgan fingerprint density at radius 1 is 0.939 bits per heavy atom. The Bertz CT molecular complexity index is 1240. The number of carbonyl (C=O) groups excluding carboxylic acids is 1. The van der Waals surface area contributed by atoms with Crippen molar-refractivity contribution in [2.75, 3.05) is 18.4 Å². The zero-order valence-electron chi connectivity index (χ0n) is 18.3. The van der Waals surface area contributed by atoms with Crippen LogP contribution < -0.4 is 15.4 Å². The number of amides is 1. The number of rotatable bonds is 6. The lowest BCUT2D eigenvalue weighted by Gasteiger charge is -2.14. The molecule has 0 spiro atoms. The number of hydrogen-bond donors (Lipinski definition) is 3. The average molecular weight is 439 g/mol. The molecule has 2 heterocycles. The lowest BCUT2D eigenvalue weighted by atomic mass is 10.0. The Kier molecular flexibility index (Phi) is 6.17. The maximum absolute atomic E-state index is 13.3. The summed E-state index contributed by atoms with van der Waals surface area (Å²) in [5.74, 6) is 0.345. The predicted molar refractivity (Wildman–Crippen MR) is 129 cm³/mol. The van der Waals surface area contributed by atoms with Gasteiger partial charge >= 0.3 is 0 Å². The van der Waals surface area contributed by atoms with E-state index >= 15 is 0 Å². The summed E-state index contributed by atoms with van der Waals surface area (Å²) in [6.07, 6.45) is 5.54. The molecule has 1 aliphatic heterocycles. The van der Waals surface area contributed by atoms with Gasteiger partial charge in [-0.25, -0.2) is 0 Å². The maximum Gasteiger partial charge on any atom is 0.259 e. The Balaban J connectivity index is 1.41. The number of aromatic amines is 1. The number of nitrogens with zero attached hydrogens (tertiary/aromatic N) is 1. The molecule has 0 saturated heterocycles. The molecule has 166 valence electrons. The number of H-pyrrole nitrogens is 1. The van der Waals surface area contributed by atoms with Gasteiger partial charge in [-0.2, -0.15) is 5.10 Å². The third kappa shape index (κ3) is 4.96. The van der Waals surface area contributed by atoms with Crippen molar-refractivity contribution in [1.82, 2.24) is 15.5 Å². The highest BCUT2D eigenvalue weighted by atomic mass is 16.5. The Hall–Kier alpha value is -3.90. The first-order chi connectivity index (χ1) is 16.3. The normalized spacial score (nSPS) is 13.1. The van der Waals surface area contributed by atoms with Crippen LogP contribution in [0.5, 0.6) is 5.75 Å². The SMILES string of the molecule is O=C(Nc1ccc2c(c1)CCNCC2)c1ccc(-c2cn[nH]c2)cc1OCc1ccccc1. The molecular weight excluding hydrogens is 412 g/mol. The number of aromatic nitrogens is 2. The van der Waals surface area contributed by atoms with Crippen molar-refractivity contribution in [2.45, 2.75) is 19.4 Å². The van der Waals surface area contributed by atoms with E-state index in [0.29, 0.717) is 17.9 Å². The second kappa shape index (κ2) is 9.71. The molecule has 0 atom stereocenters. The molecule has 1 aromatic heterocycles. The second-order valence-corrected chi connectivity index (χ2v) is 8.16. The minimum atomic E-state index is -0.191. The topological polar surface area (TPSA) is 79.0 Å². The number of hydrogen-bond acceptors (Lipinski definition) is 4.